The van der Waals surface area contributed by atoms with Crippen LogP contribution in [0, 0.1) is 0 Å². The number of anilines is 1. The lowest BCUT2D eigenvalue weighted by molar-refractivity contribution is 0.0761. The third-order valence-corrected chi connectivity index (χ3v) is 4.39. The maximum Gasteiger partial charge on any atom is 0.253 e. The molecular formula is C13H18N2OS. The molecule has 1 atom stereocenters. The standard InChI is InChI=1S/C13H18N2OS/c1-2-12-9-15(6-7-17-12)13(16)10-4-3-5-11(14)8-10/h3-5,8,12H,2,6-7,9,14H2,1H3. The summed E-state index contributed by atoms with van der Waals surface area (Å²) in [5.41, 5.74) is 7.05. The van der Waals surface area contributed by atoms with Crippen molar-refractivity contribution < 1.29 is 4.79 Å². The van der Waals surface area contributed by atoms with Gasteiger partial charge < -0.3 is 10.6 Å². The minimum atomic E-state index is 0.107. The molecule has 3 nitrogen and oxygen atoms in total. The summed E-state index contributed by atoms with van der Waals surface area (Å²) >= 11 is 1.96. The van der Waals surface area contributed by atoms with Gasteiger partial charge in [0.2, 0.25) is 0 Å². The molecule has 1 aromatic carbocycles. The van der Waals surface area contributed by atoms with E-state index in [9.17, 15) is 4.79 Å². The molecule has 0 aliphatic carbocycles. The van der Waals surface area contributed by atoms with Crippen LogP contribution in [0.15, 0.2) is 24.3 Å². The summed E-state index contributed by atoms with van der Waals surface area (Å²) in [6.45, 7) is 3.87. The number of nitrogen functional groups attached to an aromatic ring is 1. The summed E-state index contributed by atoms with van der Waals surface area (Å²) in [7, 11) is 0. The van der Waals surface area contributed by atoms with Gasteiger partial charge in [-0.3, -0.25) is 4.79 Å². The monoisotopic (exact) mass is 250 g/mol. The highest BCUT2D eigenvalue weighted by atomic mass is 32.2. The summed E-state index contributed by atoms with van der Waals surface area (Å²) in [6, 6.07) is 7.22. The van der Waals surface area contributed by atoms with Crippen molar-refractivity contribution in [3.8, 4) is 0 Å². The number of hydrogen-bond acceptors (Lipinski definition) is 3. The zero-order valence-electron chi connectivity index (χ0n) is 10.1. The van der Waals surface area contributed by atoms with E-state index in [-0.39, 0.29) is 5.91 Å². The SMILES string of the molecule is CCC1CN(C(=O)c2cccc(N)c2)CCS1. The normalized spacial score (nSPS) is 20.3. The summed E-state index contributed by atoms with van der Waals surface area (Å²) in [4.78, 5) is 14.2. The van der Waals surface area contributed by atoms with Crippen molar-refractivity contribution in [2.24, 2.45) is 0 Å². The fourth-order valence-corrected chi connectivity index (χ4v) is 3.19. The Morgan fingerprint density at radius 1 is 1.59 bits per heavy atom. The second-order valence-corrected chi connectivity index (χ2v) is 5.69. The first-order valence-corrected chi connectivity index (χ1v) is 7.02. The van der Waals surface area contributed by atoms with Crippen LogP contribution in [0.25, 0.3) is 0 Å². The molecule has 0 radical (unpaired) electrons. The highest BCUT2D eigenvalue weighted by Crippen LogP contribution is 2.22. The Balaban J connectivity index is 2.09. The van der Waals surface area contributed by atoms with Crippen LogP contribution in [-0.2, 0) is 0 Å². The van der Waals surface area contributed by atoms with Crippen LogP contribution in [-0.4, -0.2) is 34.9 Å². The predicted molar refractivity (Wildman–Crippen MR) is 73.3 cm³/mol. The van der Waals surface area contributed by atoms with Gasteiger partial charge in [0.25, 0.3) is 5.91 Å². The van der Waals surface area contributed by atoms with E-state index in [1.54, 1.807) is 12.1 Å². The van der Waals surface area contributed by atoms with Crippen LogP contribution in [0.2, 0.25) is 0 Å². The van der Waals surface area contributed by atoms with E-state index in [2.05, 4.69) is 6.92 Å². The third-order valence-electron chi connectivity index (χ3n) is 3.01. The third kappa shape index (κ3) is 2.94. The number of rotatable bonds is 2. The van der Waals surface area contributed by atoms with Crippen molar-refractivity contribution in [3.63, 3.8) is 0 Å². The van der Waals surface area contributed by atoms with E-state index in [4.69, 9.17) is 5.73 Å². The molecule has 1 heterocycles. The number of amides is 1. The maximum atomic E-state index is 12.3. The van der Waals surface area contributed by atoms with E-state index >= 15 is 0 Å². The van der Waals surface area contributed by atoms with Gasteiger partial charge in [0.05, 0.1) is 0 Å². The molecule has 0 bridgehead atoms. The van der Waals surface area contributed by atoms with Gasteiger partial charge in [-0.15, -0.1) is 0 Å². The average molecular weight is 250 g/mol. The van der Waals surface area contributed by atoms with Crippen molar-refractivity contribution in [3.05, 3.63) is 29.8 Å². The van der Waals surface area contributed by atoms with Crippen LogP contribution >= 0.6 is 11.8 Å². The first-order chi connectivity index (χ1) is 8.20. The highest BCUT2D eigenvalue weighted by molar-refractivity contribution is 8.00. The topological polar surface area (TPSA) is 46.3 Å². The number of carbonyl (C=O) groups excluding carboxylic acids is 1. The van der Waals surface area contributed by atoms with E-state index < -0.39 is 0 Å². The highest BCUT2D eigenvalue weighted by Gasteiger charge is 2.23. The number of benzene rings is 1. The smallest absolute Gasteiger partial charge is 0.253 e. The van der Waals surface area contributed by atoms with Crippen LogP contribution in [0.5, 0.6) is 0 Å². The minimum absolute atomic E-state index is 0.107. The summed E-state index contributed by atoms with van der Waals surface area (Å²) in [6.07, 6.45) is 1.12. The summed E-state index contributed by atoms with van der Waals surface area (Å²) in [5.74, 6) is 1.14. The Morgan fingerprint density at radius 2 is 2.41 bits per heavy atom. The van der Waals surface area contributed by atoms with Gasteiger partial charge in [0.15, 0.2) is 0 Å². The number of hydrogen-bond donors (Lipinski definition) is 1. The second-order valence-electron chi connectivity index (χ2n) is 4.28. The van der Waals surface area contributed by atoms with Crippen LogP contribution in [0.3, 0.4) is 0 Å². The molecule has 2 N–H and O–H groups in total. The van der Waals surface area contributed by atoms with Gasteiger partial charge in [-0.1, -0.05) is 13.0 Å². The van der Waals surface area contributed by atoms with Crippen molar-refractivity contribution in [1.29, 1.82) is 0 Å². The quantitative estimate of drug-likeness (QED) is 0.819. The average Bonchev–Trinajstić information content (AvgIpc) is 2.38. The van der Waals surface area contributed by atoms with Crippen molar-refractivity contribution in [1.82, 2.24) is 4.90 Å². The Labute approximate surface area is 106 Å². The number of nitrogens with two attached hydrogens (primary N) is 1. The molecule has 1 fully saturated rings. The van der Waals surface area contributed by atoms with Crippen LogP contribution in [0.4, 0.5) is 5.69 Å². The van der Waals surface area contributed by atoms with Crippen molar-refractivity contribution in [2.45, 2.75) is 18.6 Å². The number of carbonyl (C=O) groups is 1. The Morgan fingerprint density at radius 3 is 3.12 bits per heavy atom. The summed E-state index contributed by atoms with van der Waals surface area (Å²) in [5, 5.41) is 0.578. The molecule has 92 valence electrons. The van der Waals surface area contributed by atoms with E-state index in [0.717, 1.165) is 25.3 Å². The lowest BCUT2D eigenvalue weighted by Gasteiger charge is -2.32. The molecule has 2 rings (SSSR count). The van der Waals surface area contributed by atoms with Crippen LogP contribution in [0.1, 0.15) is 23.7 Å². The molecule has 0 saturated carbocycles. The molecule has 0 spiro atoms. The van der Waals surface area contributed by atoms with E-state index in [1.807, 2.05) is 28.8 Å². The molecule has 0 aromatic heterocycles. The molecular weight excluding hydrogens is 232 g/mol. The Hall–Kier alpha value is -1.16. The molecule has 1 amide bonds. The summed E-state index contributed by atoms with van der Waals surface area (Å²) < 4.78 is 0. The van der Waals surface area contributed by atoms with E-state index in [1.165, 1.54) is 0 Å². The molecule has 1 aromatic rings. The Kier molecular flexibility index (Phi) is 3.94. The largest absolute Gasteiger partial charge is 0.399 e. The minimum Gasteiger partial charge on any atom is -0.399 e. The molecule has 4 heteroatoms. The fourth-order valence-electron chi connectivity index (χ4n) is 2.01. The Bertz CT molecular complexity index is 408. The lowest BCUT2D eigenvalue weighted by atomic mass is 10.1. The van der Waals surface area contributed by atoms with Gasteiger partial charge in [-0.25, -0.2) is 0 Å². The van der Waals surface area contributed by atoms with Gasteiger partial charge in [0.1, 0.15) is 0 Å². The first kappa shape index (κ1) is 12.3. The van der Waals surface area contributed by atoms with Crippen LogP contribution < -0.4 is 5.73 Å². The predicted octanol–water partition coefficient (Wildman–Crippen LogP) is 2.24. The lowest BCUT2D eigenvalue weighted by Crippen LogP contribution is -2.41. The number of thioether (sulfide) groups is 1. The zero-order valence-corrected chi connectivity index (χ0v) is 10.9. The fraction of sp³-hybridized carbons (Fsp3) is 0.462. The molecule has 1 saturated heterocycles. The second kappa shape index (κ2) is 5.45. The zero-order chi connectivity index (χ0) is 12.3. The molecule has 17 heavy (non-hydrogen) atoms. The first-order valence-electron chi connectivity index (χ1n) is 5.97. The van der Waals surface area contributed by atoms with Gasteiger partial charge in [-0.2, -0.15) is 11.8 Å². The van der Waals surface area contributed by atoms with Crippen molar-refractivity contribution in [2.75, 3.05) is 24.6 Å². The molecule has 1 aliphatic heterocycles. The van der Waals surface area contributed by atoms with Gasteiger partial charge in [0, 0.05) is 35.3 Å². The maximum absolute atomic E-state index is 12.3. The molecule has 1 unspecified atom stereocenters. The van der Waals surface area contributed by atoms with Crippen molar-refractivity contribution >= 4 is 23.4 Å². The van der Waals surface area contributed by atoms with E-state index in [0.29, 0.717) is 16.5 Å². The molecule has 1 aliphatic rings. The van der Waals surface area contributed by atoms with Gasteiger partial charge in [-0.05, 0) is 24.6 Å². The number of nitrogens with zero attached hydrogens (tertiary/aromatic N) is 1. The van der Waals surface area contributed by atoms with Gasteiger partial charge >= 0.3 is 0 Å².